The van der Waals surface area contributed by atoms with Gasteiger partial charge in [-0.25, -0.2) is 0 Å². The molecule has 3 rings (SSSR count). The van der Waals surface area contributed by atoms with Crippen LogP contribution >= 0.6 is 11.5 Å². The first-order chi connectivity index (χ1) is 9.39. The van der Waals surface area contributed by atoms with Crippen molar-refractivity contribution in [3.05, 3.63) is 10.6 Å². The first kappa shape index (κ1) is 13.9. The zero-order chi connectivity index (χ0) is 14.5. The number of carbonyl (C=O) groups excluding carboxylic acids is 1. The Balaban J connectivity index is 1.73. The van der Waals surface area contributed by atoms with Gasteiger partial charge >= 0.3 is 0 Å². The van der Waals surface area contributed by atoms with Gasteiger partial charge in [-0.2, -0.15) is 0 Å². The molecule has 1 amide bonds. The van der Waals surface area contributed by atoms with E-state index < -0.39 is 0 Å². The molecule has 110 valence electrons. The molecule has 2 fully saturated rings. The highest BCUT2D eigenvalue weighted by Crippen LogP contribution is 2.38. The molecule has 0 aromatic carbocycles. The molecular weight excluding hydrogens is 276 g/mol. The predicted octanol–water partition coefficient (Wildman–Crippen LogP) is 0.680. The van der Waals surface area contributed by atoms with Crippen molar-refractivity contribution in [1.29, 1.82) is 0 Å². The number of nitrogens with two attached hydrogens (primary N) is 1. The van der Waals surface area contributed by atoms with E-state index in [-0.39, 0.29) is 29.5 Å². The van der Waals surface area contributed by atoms with Crippen molar-refractivity contribution >= 4 is 17.4 Å². The lowest BCUT2D eigenvalue weighted by Crippen LogP contribution is -2.68. The number of ether oxygens (including phenoxy) is 1. The van der Waals surface area contributed by atoms with E-state index in [1.807, 2.05) is 20.8 Å². The Morgan fingerprint density at radius 2 is 2.25 bits per heavy atom. The lowest BCUT2D eigenvalue weighted by molar-refractivity contribution is -0.0160. The molecule has 0 bridgehead atoms. The summed E-state index contributed by atoms with van der Waals surface area (Å²) in [6.07, 6.45) is 1.07. The third-order valence-corrected chi connectivity index (χ3v) is 4.87. The molecule has 4 atom stereocenters. The van der Waals surface area contributed by atoms with E-state index in [2.05, 4.69) is 14.9 Å². The van der Waals surface area contributed by atoms with E-state index in [0.717, 1.165) is 30.3 Å². The van der Waals surface area contributed by atoms with E-state index >= 15 is 0 Å². The zero-order valence-electron chi connectivity index (χ0n) is 11.9. The average Bonchev–Trinajstić information content (AvgIpc) is 3.01. The molecule has 6 nitrogen and oxygen atoms in total. The van der Waals surface area contributed by atoms with Gasteiger partial charge in [-0.3, -0.25) is 4.79 Å². The molecule has 2 heterocycles. The Labute approximate surface area is 122 Å². The fourth-order valence-corrected chi connectivity index (χ4v) is 3.75. The number of fused-ring (bicyclic) bond motifs is 1. The summed E-state index contributed by atoms with van der Waals surface area (Å²) in [6.45, 7) is 6.80. The van der Waals surface area contributed by atoms with E-state index in [1.165, 1.54) is 0 Å². The van der Waals surface area contributed by atoms with Crippen LogP contribution in [0.25, 0.3) is 0 Å². The van der Waals surface area contributed by atoms with Gasteiger partial charge in [0.05, 0.1) is 17.8 Å². The summed E-state index contributed by atoms with van der Waals surface area (Å²) < 4.78 is 9.54. The molecule has 0 spiro atoms. The summed E-state index contributed by atoms with van der Waals surface area (Å²) in [5, 5.41) is 7.08. The van der Waals surface area contributed by atoms with Crippen LogP contribution in [0.1, 0.15) is 42.6 Å². The molecule has 1 aromatic rings. The van der Waals surface area contributed by atoms with Crippen LogP contribution in [-0.4, -0.2) is 40.3 Å². The van der Waals surface area contributed by atoms with Crippen LogP contribution < -0.4 is 11.1 Å². The topological polar surface area (TPSA) is 90.1 Å². The van der Waals surface area contributed by atoms with E-state index in [9.17, 15) is 4.79 Å². The number of amides is 1. The van der Waals surface area contributed by atoms with Crippen LogP contribution in [0, 0.1) is 5.92 Å². The molecule has 4 unspecified atom stereocenters. The Kier molecular flexibility index (Phi) is 3.30. The van der Waals surface area contributed by atoms with Crippen molar-refractivity contribution in [3.63, 3.8) is 0 Å². The molecule has 0 radical (unpaired) electrons. The summed E-state index contributed by atoms with van der Waals surface area (Å²) in [4.78, 5) is 13.0. The van der Waals surface area contributed by atoms with E-state index in [1.54, 1.807) is 0 Å². The quantitative estimate of drug-likeness (QED) is 0.837. The SMILES string of the molecule is CC(C)(C)c1nnsc1C(=O)NC1C(N)C2CCOC21. The second-order valence-electron chi connectivity index (χ2n) is 6.57. The average molecular weight is 296 g/mol. The Bertz CT molecular complexity index is 525. The van der Waals surface area contributed by atoms with Gasteiger partial charge < -0.3 is 15.8 Å². The monoisotopic (exact) mass is 296 g/mol. The standard InChI is InChI=1S/C13H20N4O2S/c1-13(2,3)11-10(20-17-16-11)12(18)15-8-7(14)6-4-5-19-9(6)8/h6-9H,4-5,14H2,1-3H3,(H,15,18). The number of nitrogens with zero attached hydrogens (tertiary/aromatic N) is 2. The van der Waals surface area contributed by atoms with E-state index in [0.29, 0.717) is 10.8 Å². The summed E-state index contributed by atoms with van der Waals surface area (Å²) in [7, 11) is 0. The van der Waals surface area contributed by atoms with Gasteiger partial charge in [0, 0.05) is 24.0 Å². The summed E-state index contributed by atoms with van der Waals surface area (Å²) in [5.74, 6) is 0.251. The first-order valence-electron chi connectivity index (χ1n) is 6.90. The minimum absolute atomic E-state index is 0.00887. The number of rotatable bonds is 2. The fourth-order valence-electron chi connectivity index (χ4n) is 2.97. The van der Waals surface area contributed by atoms with Gasteiger partial charge in [-0.1, -0.05) is 25.3 Å². The summed E-state index contributed by atoms with van der Waals surface area (Å²) in [6, 6.07) is -0.102. The third-order valence-electron chi connectivity index (χ3n) is 4.15. The molecule has 1 saturated heterocycles. The number of aromatic nitrogens is 2. The second-order valence-corrected chi connectivity index (χ2v) is 7.32. The van der Waals surface area contributed by atoms with Crippen molar-refractivity contribution in [2.75, 3.05) is 6.61 Å². The van der Waals surface area contributed by atoms with Crippen LogP contribution in [0.2, 0.25) is 0 Å². The smallest absolute Gasteiger partial charge is 0.265 e. The molecular formula is C13H20N4O2S. The van der Waals surface area contributed by atoms with Crippen molar-refractivity contribution in [1.82, 2.24) is 14.9 Å². The highest BCUT2D eigenvalue weighted by atomic mass is 32.1. The van der Waals surface area contributed by atoms with E-state index in [4.69, 9.17) is 10.5 Å². The van der Waals surface area contributed by atoms with Crippen LogP contribution in [-0.2, 0) is 10.2 Å². The molecule has 7 heteroatoms. The second kappa shape index (κ2) is 4.75. The van der Waals surface area contributed by atoms with Gasteiger partial charge in [-0.15, -0.1) is 5.10 Å². The maximum absolute atomic E-state index is 12.4. The highest BCUT2D eigenvalue weighted by molar-refractivity contribution is 7.08. The van der Waals surface area contributed by atoms with Crippen molar-refractivity contribution in [2.24, 2.45) is 11.7 Å². The van der Waals surface area contributed by atoms with Gasteiger partial charge in [0.25, 0.3) is 5.91 Å². The zero-order valence-corrected chi connectivity index (χ0v) is 12.7. The van der Waals surface area contributed by atoms with Gasteiger partial charge in [0.15, 0.2) is 0 Å². The number of hydrogen-bond donors (Lipinski definition) is 2. The molecule has 1 aliphatic heterocycles. The summed E-state index contributed by atoms with van der Waals surface area (Å²) >= 11 is 1.13. The van der Waals surface area contributed by atoms with Gasteiger partial charge in [-0.05, 0) is 18.0 Å². The van der Waals surface area contributed by atoms with Gasteiger partial charge in [0.2, 0.25) is 0 Å². The minimum Gasteiger partial charge on any atom is -0.376 e. The van der Waals surface area contributed by atoms with Crippen molar-refractivity contribution in [3.8, 4) is 0 Å². The Morgan fingerprint density at radius 3 is 2.95 bits per heavy atom. The van der Waals surface area contributed by atoms with Crippen molar-refractivity contribution in [2.45, 2.75) is 50.8 Å². The molecule has 3 N–H and O–H groups in total. The molecule has 20 heavy (non-hydrogen) atoms. The molecule has 2 aliphatic rings. The Morgan fingerprint density at radius 1 is 1.50 bits per heavy atom. The lowest BCUT2D eigenvalue weighted by Gasteiger charge is -2.45. The normalized spacial score (nSPS) is 32.6. The number of nitrogens with one attached hydrogen (secondary N) is 1. The minimum atomic E-state index is -0.201. The largest absolute Gasteiger partial charge is 0.376 e. The first-order valence-corrected chi connectivity index (χ1v) is 7.68. The molecule has 1 saturated carbocycles. The third kappa shape index (κ3) is 2.13. The number of carbonyl (C=O) groups is 1. The summed E-state index contributed by atoms with van der Waals surface area (Å²) in [5.41, 5.74) is 6.64. The van der Waals surface area contributed by atoms with Crippen LogP contribution in [0.15, 0.2) is 0 Å². The molecule has 1 aromatic heterocycles. The van der Waals surface area contributed by atoms with Crippen molar-refractivity contribution < 1.29 is 9.53 Å². The molecule has 1 aliphatic carbocycles. The van der Waals surface area contributed by atoms with Crippen LogP contribution in [0.4, 0.5) is 0 Å². The number of hydrogen-bond acceptors (Lipinski definition) is 6. The van der Waals surface area contributed by atoms with Gasteiger partial charge in [0.1, 0.15) is 4.88 Å². The van der Waals surface area contributed by atoms with Crippen LogP contribution in [0.3, 0.4) is 0 Å². The van der Waals surface area contributed by atoms with Crippen LogP contribution in [0.5, 0.6) is 0 Å². The lowest BCUT2D eigenvalue weighted by atomic mass is 9.72. The fraction of sp³-hybridized carbons (Fsp3) is 0.769. The maximum atomic E-state index is 12.4. The Hall–Kier alpha value is -1.05. The maximum Gasteiger partial charge on any atom is 0.265 e. The predicted molar refractivity (Wildman–Crippen MR) is 75.7 cm³/mol. The highest BCUT2D eigenvalue weighted by Gasteiger charge is 2.53.